The van der Waals surface area contributed by atoms with Crippen molar-refractivity contribution >= 4 is 5.97 Å². The van der Waals surface area contributed by atoms with Gasteiger partial charge in [0.2, 0.25) is 0 Å². The van der Waals surface area contributed by atoms with Gasteiger partial charge in [0.25, 0.3) is 0 Å². The minimum Gasteiger partial charge on any atom is -0.489 e. The normalized spacial score (nSPS) is 20.1. The van der Waals surface area contributed by atoms with E-state index in [9.17, 15) is 9.90 Å². The van der Waals surface area contributed by atoms with Gasteiger partial charge in [0.05, 0.1) is 12.1 Å². The first-order valence-electron chi connectivity index (χ1n) is 11.7. The number of carboxylic acids is 1. The van der Waals surface area contributed by atoms with Crippen molar-refractivity contribution in [1.29, 1.82) is 0 Å². The van der Waals surface area contributed by atoms with Gasteiger partial charge in [-0.25, -0.2) is 0 Å². The van der Waals surface area contributed by atoms with Crippen molar-refractivity contribution in [2.75, 3.05) is 0 Å². The van der Waals surface area contributed by atoms with Crippen LogP contribution in [0.25, 0.3) is 0 Å². The molecular weight excluding hydrogens is 414 g/mol. The molecular formula is C28H33NO4. The van der Waals surface area contributed by atoms with Gasteiger partial charge < -0.3 is 14.4 Å². The Morgan fingerprint density at radius 3 is 2.48 bits per heavy atom. The van der Waals surface area contributed by atoms with Gasteiger partial charge in [-0.3, -0.25) is 4.79 Å². The number of benzene rings is 2. The van der Waals surface area contributed by atoms with Crippen LogP contribution >= 0.6 is 0 Å². The topological polar surface area (TPSA) is 72.6 Å². The highest BCUT2D eigenvalue weighted by atomic mass is 16.5. The van der Waals surface area contributed by atoms with Crippen LogP contribution in [0.5, 0.6) is 5.75 Å². The first kappa shape index (κ1) is 23.1. The molecule has 3 aromatic rings. The van der Waals surface area contributed by atoms with Crippen LogP contribution < -0.4 is 4.74 Å². The predicted molar refractivity (Wildman–Crippen MR) is 128 cm³/mol. The highest BCUT2D eigenvalue weighted by molar-refractivity contribution is 5.68. The van der Waals surface area contributed by atoms with Crippen molar-refractivity contribution in [1.82, 2.24) is 5.16 Å². The Morgan fingerprint density at radius 1 is 1.09 bits per heavy atom. The van der Waals surface area contributed by atoms with Gasteiger partial charge in [-0.1, -0.05) is 63.2 Å². The predicted octanol–water partition coefficient (Wildman–Crippen LogP) is 6.60. The number of hydrogen-bond donors (Lipinski definition) is 1. The van der Waals surface area contributed by atoms with E-state index in [-0.39, 0.29) is 23.2 Å². The van der Waals surface area contributed by atoms with Crippen LogP contribution in [0, 0.1) is 0 Å². The molecule has 1 heterocycles. The number of aromatic nitrogens is 1. The van der Waals surface area contributed by atoms with Crippen molar-refractivity contribution in [3.63, 3.8) is 0 Å². The third-order valence-electron chi connectivity index (χ3n) is 7.43. The minimum atomic E-state index is -0.877. The molecule has 1 aliphatic carbocycles. The molecule has 2 aromatic carbocycles. The lowest BCUT2D eigenvalue weighted by atomic mass is 9.61. The average Bonchev–Trinajstić information content (AvgIpc) is 3.34. The maximum atomic E-state index is 11.3. The van der Waals surface area contributed by atoms with E-state index in [0.29, 0.717) is 12.3 Å². The van der Waals surface area contributed by atoms with Gasteiger partial charge in [0, 0.05) is 12.0 Å². The quantitative estimate of drug-likeness (QED) is 0.421. The molecule has 0 bridgehead atoms. The number of ether oxygens (including phenoxy) is 1. The maximum absolute atomic E-state index is 11.3. The molecule has 1 aliphatic rings. The molecule has 0 fully saturated rings. The van der Waals surface area contributed by atoms with Crippen molar-refractivity contribution in [2.45, 2.75) is 76.7 Å². The summed E-state index contributed by atoms with van der Waals surface area (Å²) < 4.78 is 11.0. The van der Waals surface area contributed by atoms with E-state index < -0.39 is 5.97 Å². The van der Waals surface area contributed by atoms with E-state index in [0.717, 1.165) is 23.3 Å². The van der Waals surface area contributed by atoms with Gasteiger partial charge in [-0.2, -0.15) is 0 Å². The lowest BCUT2D eigenvalue weighted by Crippen LogP contribution is -2.35. The summed E-state index contributed by atoms with van der Waals surface area (Å²) in [6.45, 7) is 9.84. The Morgan fingerprint density at radius 2 is 1.85 bits per heavy atom. The van der Waals surface area contributed by atoms with Crippen LogP contribution in [-0.4, -0.2) is 16.2 Å². The Balaban J connectivity index is 1.49. The SMILES string of the molecule is CCC1(C)CCC(C)(C)c2cc(COc3ccc([C@@H](CC(=O)O)c4ccon4)cc3)ccc21. The first-order valence-corrected chi connectivity index (χ1v) is 11.7. The fourth-order valence-corrected chi connectivity index (χ4v) is 4.92. The number of fused-ring (bicyclic) bond motifs is 1. The van der Waals surface area contributed by atoms with Crippen molar-refractivity contribution in [2.24, 2.45) is 0 Å². The van der Waals surface area contributed by atoms with Gasteiger partial charge >= 0.3 is 5.97 Å². The van der Waals surface area contributed by atoms with Crippen LogP contribution in [0.4, 0.5) is 0 Å². The number of nitrogens with zero attached hydrogens (tertiary/aromatic N) is 1. The number of rotatable bonds is 8. The van der Waals surface area contributed by atoms with Crippen LogP contribution in [0.1, 0.15) is 87.2 Å². The number of hydrogen-bond acceptors (Lipinski definition) is 4. The molecule has 5 nitrogen and oxygen atoms in total. The van der Waals surface area contributed by atoms with E-state index in [1.165, 1.54) is 30.2 Å². The van der Waals surface area contributed by atoms with Gasteiger partial charge in [-0.15, -0.1) is 0 Å². The fraction of sp³-hybridized carbons (Fsp3) is 0.429. The molecule has 0 amide bonds. The molecule has 1 unspecified atom stereocenters. The Bertz CT molecular complexity index is 1100. The fourth-order valence-electron chi connectivity index (χ4n) is 4.92. The van der Waals surface area contributed by atoms with Crippen molar-refractivity contribution in [3.05, 3.63) is 82.7 Å². The standard InChI is InChI=1S/C28H33NO4/c1-5-28(4)14-13-27(2,3)24-16-19(6-11-23(24)28)18-32-21-9-7-20(8-10-21)22(17-26(30)31)25-12-15-33-29-25/h6-12,15-16,22H,5,13-14,17-18H2,1-4H3,(H,30,31)/t22-,28?/m1/s1. The Kier molecular flexibility index (Phi) is 6.33. The van der Waals surface area contributed by atoms with Gasteiger partial charge in [0.15, 0.2) is 0 Å². The number of aliphatic carboxylic acids is 1. The van der Waals surface area contributed by atoms with Crippen LogP contribution in [0.3, 0.4) is 0 Å². The molecule has 1 N–H and O–H groups in total. The van der Waals surface area contributed by atoms with E-state index in [4.69, 9.17) is 9.26 Å². The highest BCUT2D eigenvalue weighted by Gasteiger charge is 2.38. The monoisotopic (exact) mass is 447 g/mol. The summed E-state index contributed by atoms with van der Waals surface area (Å²) in [6.07, 6.45) is 4.98. The van der Waals surface area contributed by atoms with E-state index >= 15 is 0 Å². The van der Waals surface area contributed by atoms with E-state index in [2.05, 4.69) is 51.1 Å². The number of carboxylic acid groups (broad SMARTS) is 1. The van der Waals surface area contributed by atoms with Gasteiger partial charge in [-0.05, 0) is 64.5 Å². The van der Waals surface area contributed by atoms with Gasteiger partial charge in [0.1, 0.15) is 18.6 Å². The van der Waals surface area contributed by atoms with Crippen LogP contribution in [0.2, 0.25) is 0 Å². The number of carbonyl (C=O) groups is 1. The van der Waals surface area contributed by atoms with Crippen LogP contribution in [-0.2, 0) is 22.2 Å². The van der Waals surface area contributed by atoms with Crippen LogP contribution in [0.15, 0.2) is 59.3 Å². The summed E-state index contributed by atoms with van der Waals surface area (Å²) in [4.78, 5) is 11.3. The largest absolute Gasteiger partial charge is 0.489 e. The zero-order chi connectivity index (χ0) is 23.6. The molecule has 0 saturated carbocycles. The van der Waals surface area contributed by atoms with E-state index in [1.807, 2.05) is 24.3 Å². The molecule has 4 rings (SSSR count). The zero-order valence-electron chi connectivity index (χ0n) is 19.9. The molecule has 0 radical (unpaired) electrons. The summed E-state index contributed by atoms with van der Waals surface area (Å²) in [7, 11) is 0. The molecule has 5 heteroatoms. The summed E-state index contributed by atoms with van der Waals surface area (Å²) in [5.74, 6) is -0.479. The summed E-state index contributed by atoms with van der Waals surface area (Å²) in [5, 5.41) is 13.2. The molecule has 0 aliphatic heterocycles. The molecule has 2 atom stereocenters. The second-order valence-electron chi connectivity index (χ2n) is 10.1. The maximum Gasteiger partial charge on any atom is 0.304 e. The second kappa shape index (κ2) is 9.05. The Labute approximate surface area is 195 Å². The second-order valence-corrected chi connectivity index (χ2v) is 10.1. The molecule has 33 heavy (non-hydrogen) atoms. The van der Waals surface area contributed by atoms with Crippen molar-refractivity contribution in [3.8, 4) is 5.75 Å². The highest BCUT2D eigenvalue weighted by Crippen LogP contribution is 2.47. The molecule has 174 valence electrons. The third kappa shape index (κ3) is 4.82. The lowest BCUT2D eigenvalue weighted by Gasteiger charge is -2.43. The Hall–Kier alpha value is -3.08. The first-order chi connectivity index (χ1) is 15.7. The lowest BCUT2D eigenvalue weighted by molar-refractivity contribution is -0.137. The van der Waals surface area contributed by atoms with E-state index in [1.54, 1.807) is 6.07 Å². The average molecular weight is 448 g/mol. The zero-order valence-corrected chi connectivity index (χ0v) is 19.9. The summed E-state index contributed by atoms with van der Waals surface area (Å²) in [5.41, 5.74) is 5.98. The third-order valence-corrected chi connectivity index (χ3v) is 7.43. The summed E-state index contributed by atoms with van der Waals surface area (Å²) >= 11 is 0. The van der Waals surface area contributed by atoms with Crippen molar-refractivity contribution < 1.29 is 19.2 Å². The molecule has 0 spiro atoms. The summed E-state index contributed by atoms with van der Waals surface area (Å²) in [6, 6.07) is 16.1. The molecule has 0 saturated heterocycles. The smallest absolute Gasteiger partial charge is 0.304 e. The molecule has 1 aromatic heterocycles. The minimum absolute atomic E-state index is 0.0473.